The van der Waals surface area contributed by atoms with Gasteiger partial charge < -0.3 is 14.8 Å². The number of pyridine rings is 1. The van der Waals surface area contributed by atoms with Crippen molar-refractivity contribution in [1.82, 2.24) is 19.7 Å². The molecule has 0 radical (unpaired) electrons. The fraction of sp³-hybridized carbons (Fsp3) is 0.278. The zero-order valence-electron chi connectivity index (χ0n) is 16.7. The van der Waals surface area contributed by atoms with Crippen molar-refractivity contribution in [2.45, 2.75) is 5.16 Å². The van der Waals surface area contributed by atoms with Crippen molar-refractivity contribution >= 4 is 63.0 Å². The molecule has 3 N–H and O–H groups in total. The molecule has 0 aliphatic heterocycles. The molecule has 0 fully saturated rings. The second kappa shape index (κ2) is 10.6. The molecule has 1 aromatic carbocycles. The van der Waals surface area contributed by atoms with E-state index in [0.717, 1.165) is 0 Å². The predicted octanol–water partition coefficient (Wildman–Crippen LogP) is 3.88. The van der Waals surface area contributed by atoms with Crippen molar-refractivity contribution in [1.29, 1.82) is 0 Å². The molecule has 0 amide bonds. The minimum atomic E-state index is -2.11. The van der Waals surface area contributed by atoms with E-state index in [1.54, 1.807) is 18.3 Å². The van der Waals surface area contributed by atoms with E-state index >= 15 is 0 Å². The molecule has 0 aliphatic carbocycles. The lowest BCUT2D eigenvalue weighted by molar-refractivity contribution is 0.395. The zero-order chi connectivity index (χ0) is 22.5. The fourth-order valence-corrected chi connectivity index (χ4v) is 4.11. The smallest absolute Gasteiger partial charge is 0.231 e. The van der Waals surface area contributed by atoms with Gasteiger partial charge in [-0.15, -0.1) is 0 Å². The van der Waals surface area contributed by atoms with Crippen LogP contribution in [-0.2, 0) is 11.3 Å². The molecule has 0 bridgehead atoms. The summed E-state index contributed by atoms with van der Waals surface area (Å²) in [7, 11) is 2.99. The summed E-state index contributed by atoms with van der Waals surface area (Å²) in [6.45, 7) is 0.546. The van der Waals surface area contributed by atoms with Gasteiger partial charge >= 0.3 is 0 Å². The monoisotopic (exact) mass is 503 g/mol. The number of anilines is 1. The van der Waals surface area contributed by atoms with Gasteiger partial charge in [-0.25, -0.2) is 23.9 Å². The first-order valence-electron chi connectivity index (χ1n) is 8.80. The zero-order valence-corrected chi connectivity index (χ0v) is 19.9. The van der Waals surface area contributed by atoms with Gasteiger partial charge in [0.25, 0.3) is 0 Å². The maximum Gasteiger partial charge on any atom is 0.231 e. The SMILES string of the molecule is COc1cc(OC)c(Cl)c(-c2cc3cnc(SC)nc3c(NCCNS(=O)O)n2)c1Cl. The number of fused-ring (bicyclic) bond motifs is 1. The maximum atomic E-state index is 10.8. The van der Waals surface area contributed by atoms with Crippen molar-refractivity contribution in [3.63, 3.8) is 0 Å². The average Bonchev–Trinajstić information content (AvgIpc) is 2.76. The Morgan fingerprint density at radius 2 is 1.81 bits per heavy atom. The molecule has 0 saturated carbocycles. The second-order valence-electron chi connectivity index (χ2n) is 6.00. The van der Waals surface area contributed by atoms with Crippen LogP contribution in [0, 0.1) is 0 Å². The Morgan fingerprint density at radius 1 is 1.13 bits per heavy atom. The van der Waals surface area contributed by atoms with Gasteiger partial charge in [0.2, 0.25) is 11.3 Å². The van der Waals surface area contributed by atoms with Crippen LogP contribution in [-0.4, -0.2) is 57.3 Å². The van der Waals surface area contributed by atoms with Gasteiger partial charge in [0.1, 0.15) is 17.0 Å². The van der Waals surface area contributed by atoms with Crippen molar-refractivity contribution in [2.75, 3.05) is 38.9 Å². The highest BCUT2D eigenvalue weighted by atomic mass is 35.5. The summed E-state index contributed by atoms with van der Waals surface area (Å²) in [6.07, 6.45) is 3.56. The predicted molar refractivity (Wildman–Crippen MR) is 125 cm³/mol. The van der Waals surface area contributed by atoms with E-state index in [-0.39, 0.29) is 16.6 Å². The molecule has 1 unspecified atom stereocenters. The Bertz CT molecular complexity index is 1110. The molecule has 13 heteroatoms. The summed E-state index contributed by atoms with van der Waals surface area (Å²) in [4.78, 5) is 13.5. The minimum Gasteiger partial charge on any atom is -0.495 e. The number of methoxy groups -OCH3 is 2. The Hall–Kier alpha value is -1.89. The highest BCUT2D eigenvalue weighted by Crippen LogP contribution is 2.46. The standard InChI is InChI=1S/C18H19Cl2N5O4S2/c1-28-11-7-12(29-2)15(20)13(14(11)19)10-6-9-8-22-18(30-3)25-16(9)17(24-10)21-4-5-23-31(26)27/h6-8,23H,4-5H2,1-3H3,(H,21,24)(H,26,27). The molecule has 9 nitrogen and oxygen atoms in total. The molecular weight excluding hydrogens is 485 g/mol. The summed E-state index contributed by atoms with van der Waals surface area (Å²) < 4.78 is 32.8. The molecule has 0 aliphatic rings. The quantitative estimate of drug-likeness (QED) is 0.173. The number of ether oxygens (including phenoxy) is 2. The van der Waals surface area contributed by atoms with Crippen LogP contribution >= 0.6 is 35.0 Å². The Labute approximate surface area is 195 Å². The van der Waals surface area contributed by atoms with Crippen LogP contribution in [0.15, 0.2) is 23.5 Å². The molecule has 0 spiro atoms. The van der Waals surface area contributed by atoms with Gasteiger partial charge in [-0.05, 0) is 12.3 Å². The van der Waals surface area contributed by atoms with Crippen LogP contribution in [0.1, 0.15) is 0 Å². The number of halogens is 2. The molecule has 1 atom stereocenters. The van der Waals surface area contributed by atoms with E-state index in [2.05, 4.69) is 25.0 Å². The molecular formula is C18H19Cl2N5O4S2. The van der Waals surface area contributed by atoms with E-state index in [0.29, 0.717) is 51.2 Å². The normalized spacial score (nSPS) is 12.1. The lowest BCUT2D eigenvalue weighted by atomic mass is 10.1. The molecule has 2 heterocycles. The van der Waals surface area contributed by atoms with E-state index in [9.17, 15) is 4.21 Å². The Kier molecular flexibility index (Phi) is 8.14. The summed E-state index contributed by atoms with van der Waals surface area (Å²) in [5.41, 5.74) is 1.49. The molecule has 166 valence electrons. The van der Waals surface area contributed by atoms with E-state index in [1.165, 1.54) is 26.0 Å². The van der Waals surface area contributed by atoms with Crippen LogP contribution in [0.5, 0.6) is 11.5 Å². The average molecular weight is 504 g/mol. The van der Waals surface area contributed by atoms with E-state index < -0.39 is 11.3 Å². The van der Waals surface area contributed by atoms with Crippen LogP contribution in [0.4, 0.5) is 5.82 Å². The van der Waals surface area contributed by atoms with Crippen molar-refractivity contribution < 1.29 is 18.2 Å². The van der Waals surface area contributed by atoms with Gasteiger partial charge in [0, 0.05) is 36.3 Å². The molecule has 31 heavy (non-hydrogen) atoms. The number of hydrogen-bond donors (Lipinski definition) is 3. The summed E-state index contributed by atoms with van der Waals surface area (Å²) in [6, 6.07) is 3.38. The highest BCUT2D eigenvalue weighted by molar-refractivity contribution is 7.98. The third kappa shape index (κ3) is 5.30. The van der Waals surface area contributed by atoms with Crippen LogP contribution in [0.25, 0.3) is 22.2 Å². The van der Waals surface area contributed by atoms with Gasteiger partial charge in [-0.2, -0.15) is 0 Å². The summed E-state index contributed by atoms with van der Waals surface area (Å²) >= 11 is 12.4. The lowest BCUT2D eigenvalue weighted by Crippen LogP contribution is -2.24. The first-order chi connectivity index (χ1) is 14.9. The Morgan fingerprint density at radius 3 is 2.39 bits per heavy atom. The summed E-state index contributed by atoms with van der Waals surface area (Å²) in [5, 5.41) is 4.99. The lowest BCUT2D eigenvalue weighted by Gasteiger charge is -2.16. The fourth-order valence-electron chi connectivity index (χ4n) is 2.80. The van der Waals surface area contributed by atoms with Crippen molar-refractivity contribution in [3.05, 3.63) is 28.4 Å². The minimum absolute atomic E-state index is 0.228. The van der Waals surface area contributed by atoms with Gasteiger partial charge in [-0.1, -0.05) is 35.0 Å². The van der Waals surface area contributed by atoms with E-state index in [1.807, 2.05) is 6.26 Å². The molecule has 2 aromatic heterocycles. The third-order valence-corrected chi connectivity index (χ3v) is 5.96. The van der Waals surface area contributed by atoms with Crippen LogP contribution < -0.4 is 19.5 Å². The number of benzene rings is 1. The number of thioether (sulfide) groups is 1. The third-order valence-electron chi connectivity index (χ3n) is 4.20. The highest BCUT2D eigenvalue weighted by Gasteiger charge is 2.21. The van der Waals surface area contributed by atoms with Crippen LogP contribution in [0.2, 0.25) is 10.0 Å². The van der Waals surface area contributed by atoms with Crippen molar-refractivity contribution in [2.24, 2.45) is 0 Å². The number of rotatable bonds is 9. The first-order valence-corrected chi connectivity index (χ1v) is 11.9. The molecule has 3 rings (SSSR count). The van der Waals surface area contributed by atoms with Gasteiger partial charge in [0.05, 0.1) is 30.0 Å². The molecule has 3 aromatic rings. The maximum absolute atomic E-state index is 10.8. The number of nitrogens with zero attached hydrogens (tertiary/aromatic N) is 3. The summed E-state index contributed by atoms with van der Waals surface area (Å²) in [5.74, 6) is 1.22. The largest absolute Gasteiger partial charge is 0.495 e. The topological polar surface area (TPSA) is 118 Å². The number of aromatic nitrogens is 3. The number of hydrogen-bond acceptors (Lipinski definition) is 8. The first kappa shape index (κ1) is 23.8. The van der Waals surface area contributed by atoms with Crippen molar-refractivity contribution in [3.8, 4) is 22.8 Å². The second-order valence-corrected chi connectivity index (χ2v) is 8.32. The molecule has 0 saturated heterocycles. The Balaban J connectivity index is 2.17. The van der Waals surface area contributed by atoms with E-state index in [4.69, 9.17) is 37.2 Å². The van der Waals surface area contributed by atoms with Gasteiger partial charge in [0.15, 0.2) is 11.0 Å². The van der Waals surface area contributed by atoms with Crippen LogP contribution in [0.3, 0.4) is 0 Å². The van der Waals surface area contributed by atoms with Gasteiger partial charge in [-0.3, -0.25) is 4.55 Å². The number of nitrogens with one attached hydrogen (secondary N) is 2.